The fourth-order valence-corrected chi connectivity index (χ4v) is 2.70. The number of aryl methyl sites for hydroxylation is 3. The van der Waals surface area contributed by atoms with Crippen molar-refractivity contribution in [1.29, 1.82) is 0 Å². The number of aliphatic carboxylic acids is 1. The van der Waals surface area contributed by atoms with Gasteiger partial charge in [-0.3, -0.25) is 4.79 Å². The van der Waals surface area contributed by atoms with E-state index in [9.17, 15) is 4.79 Å². The van der Waals surface area contributed by atoms with E-state index in [0.29, 0.717) is 13.0 Å². The second kappa shape index (κ2) is 5.63. The van der Waals surface area contributed by atoms with Crippen molar-refractivity contribution in [3.05, 3.63) is 41.9 Å². The third-order valence-corrected chi connectivity index (χ3v) is 3.73. The maximum atomic E-state index is 10.7. The Hall–Kier alpha value is -2.63. The van der Waals surface area contributed by atoms with Gasteiger partial charge in [-0.2, -0.15) is 5.10 Å². The number of hydrogen-bond acceptors (Lipinski definition) is 3. The summed E-state index contributed by atoms with van der Waals surface area (Å²) < 4.78 is 3.89. The molecule has 0 aliphatic heterocycles. The van der Waals surface area contributed by atoms with Gasteiger partial charge in [0.2, 0.25) is 0 Å². The van der Waals surface area contributed by atoms with Crippen molar-refractivity contribution in [2.75, 3.05) is 0 Å². The molecule has 1 N–H and O–H groups in total. The first-order chi connectivity index (χ1) is 10.6. The number of rotatable bonds is 5. The molecule has 114 valence electrons. The van der Waals surface area contributed by atoms with Gasteiger partial charge in [-0.25, -0.2) is 9.67 Å². The summed E-state index contributed by atoms with van der Waals surface area (Å²) >= 11 is 0. The van der Waals surface area contributed by atoms with E-state index < -0.39 is 5.97 Å². The van der Waals surface area contributed by atoms with Gasteiger partial charge in [-0.05, 0) is 44.5 Å². The largest absolute Gasteiger partial charge is 0.481 e. The summed E-state index contributed by atoms with van der Waals surface area (Å²) in [5, 5.41) is 14.4. The zero-order valence-electron chi connectivity index (χ0n) is 12.7. The van der Waals surface area contributed by atoms with Crippen LogP contribution in [0.3, 0.4) is 0 Å². The van der Waals surface area contributed by atoms with Crippen molar-refractivity contribution < 1.29 is 9.90 Å². The van der Waals surface area contributed by atoms with Crippen LogP contribution in [0.5, 0.6) is 0 Å². The third kappa shape index (κ3) is 2.47. The summed E-state index contributed by atoms with van der Waals surface area (Å²) in [6, 6.07) is 8.00. The Labute approximate surface area is 128 Å². The summed E-state index contributed by atoms with van der Waals surface area (Å²) in [6.45, 7) is 4.62. The van der Waals surface area contributed by atoms with Crippen LogP contribution >= 0.6 is 0 Å². The summed E-state index contributed by atoms with van der Waals surface area (Å²) in [4.78, 5) is 15.1. The van der Waals surface area contributed by atoms with Gasteiger partial charge in [-0.1, -0.05) is 0 Å². The van der Waals surface area contributed by atoms with E-state index in [0.717, 1.165) is 28.2 Å². The number of carbonyl (C=O) groups is 1. The molecule has 0 saturated carbocycles. The van der Waals surface area contributed by atoms with Gasteiger partial charge in [0.25, 0.3) is 0 Å². The summed E-state index contributed by atoms with van der Waals surface area (Å²) in [6.07, 6.45) is 2.40. The number of nitrogens with zero attached hydrogens (tertiary/aromatic N) is 4. The smallest absolute Gasteiger partial charge is 0.303 e. The number of carboxylic acid groups (broad SMARTS) is 1. The van der Waals surface area contributed by atoms with E-state index in [-0.39, 0.29) is 6.42 Å². The quantitative estimate of drug-likeness (QED) is 0.786. The highest BCUT2D eigenvalue weighted by Gasteiger charge is 2.15. The second-order valence-corrected chi connectivity index (χ2v) is 5.37. The van der Waals surface area contributed by atoms with Crippen LogP contribution in [0.25, 0.3) is 16.9 Å². The Morgan fingerprint density at radius 1 is 1.23 bits per heavy atom. The van der Waals surface area contributed by atoms with Crippen molar-refractivity contribution in [3.8, 4) is 5.82 Å². The fourth-order valence-electron chi connectivity index (χ4n) is 2.70. The van der Waals surface area contributed by atoms with E-state index in [2.05, 4.69) is 26.8 Å². The Kier molecular flexibility index (Phi) is 3.66. The van der Waals surface area contributed by atoms with Crippen molar-refractivity contribution in [3.63, 3.8) is 0 Å². The van der Waals surface area contributed by atoms with Crippen molar-refractivity contribution in [2.45, 2.75) is 33.2 Å². The number of aromatic nitrogens is 4. The molecule has 0 saturated heterocycles. The minimum Gasteiger partial charge on any atom is -0.481 e. The number of fused-ring (bicyclic) bond motifs is 1. The third-order valence-electron chi connectivity index (χ3n) is 3.73. The SMILES string of the molecule is Cc1ccc(C)n1-c1nn(CCCC(=O)O)c2ncccc12. The monoisotopic (exact) mass is 298 g/mol. The van der Waals surface area contributed by atoms with E-state index in [1.54, 1.807) is 10.9 Å². The first kappa shape index (κ1) is 14.3. The van der Waals surface area contributed by atoms with Crippen LogP contribution in [0.2, 0.25) is 0 Å². The van der Waals surface area contributed by atoms with E-state index in [1.165, 1.54) is 0 Å². The zero-order valence-corrected chi connectivity index (χ0v) is 12.7. The molecular formula is C16H18N4O2. The molecule has 0 fully saturated rings. The van der Waals surface area contributed by atoms with Gasteiger partial charge in [-0.15, -0.1) is 0 Å². The molecule has 6 heteroatoms. The predicted molar refractivity (Wildman–Crippen MR) is 83.2 cm³/mol. The topological polar surface area (TPSA) is 72.9 Å². The molecule has 0 aromatic carbocycles. The summed E-state index contributed by atoms with van der Waals surface area (Å²) in [5.74, 6) is 0.0557. The fraction of sp³-hybridized carbons (Fsp3) is 0.312. The lowest BCUT2D eigenvalue weighted by molar-refractivity contribution is -0.137. The molecule has 6 nitrogen and oxygen atoms in total. The first-order valence-corrected chi connectivity index (χ1v) is 7.26. The highest BCUT2D eigenvalue weighted by atomic mass is 16.4. The first-order valence-electron chi connectivity index (χ1n) is 7.26. The standard InChI is InChI=1S/C16H18N4O2/c1-11-7-8-12(2)20(11)16-13-5-3-9-17-15(13)19(18-16)10-4-6-14(21)22/h3,5,7-9H,4,6,10H2,1-2H3,(H,21,22). The van der Waals surface area contributed by atoms with Gasteiger partial charge in [0.15, 0.2) is 11.5 Å². The molecule has 0 amide bonds. The highest BCUT2D eigenvalue weighted by molar-refractivity contribution is 5.83. The lowest BCUT2D eigenvalue weighted by Gasteiger charge is -2.05. The Morgan fingerprint density at radius 2 is 1.95 bits per heavy atom. The maximum absolute atomic E-state index is 10.7. The van der Waals surface area contributed by atoms with Crippen LogP contribution in [0.1, 0.15) is 24.2 Å². The van der Waals surface area contributed by atoms with Crippen LogP contribution < -0.4 is 0 Å². The molecular weight excluding hydrogens is 280 g/mol. The van der Waals surface area contributed by atoms with Crippen LogP contribution in [-0.4, -0.2) is 30.4 Å². The predicted octanol–water partition coefficient (Wildman–Crippen LogP) is 2.70. The lowest BCUT2D eigenvalue weighted by atomic mass is 10.3. The highest BCUT2D eigenvalue weighted by Crippen LogP contribution is 2.23. The molecule has 0 aliphatic carbocycles. The van der Waals surface area contributed by atoms with Crippen molar-refractivity contribution >= 4 is 17.0 Å². The second-order valence-electron chi connectivity index (χ2n) is 5.37. The summed E-state index contributed by atoms with van der Waals surface area (Å²) in [5.41, 5.74) is 3.01. The van der Waals surface area contributed by atoms with Crippen LogP contribution in [0.4, 0.5) is 0 Å². The van der Waals surface area contributed by atoms with Gasteiger partial charge in [0, 0.05) is 30.6 Å². The molecule has 0 spiro atoms. The molecule has 0 unspecified atom stereocenters. The van der Waals surface area contributed by atoms with Crippen molar-refractivity contribution in [1.82, 2.24) is 19.3 Å². The molecule has 0 radical (unpaired) electrons. The Morgan fingerprint density at radius 3 is 2.64 bits per heavy atom. The van der Waals surface area contributed by atoms with Crippen LogP contribution in [0, 0.1) is 13.8 Å². The molecule has 3 aromatic heterocycles. The minimum atomic E-state index is -0.790. The van der Waals surface area contributed by atoms with E-state index in [4.69, 9.17) is 5.11 Å². The Balaban J connectivity index is 2.06. The average molecular weight is 298 g/mol. The molecule has 0 aliphatic rings. The van der Waals surface area contributed by atoms with Crippen LogP contribution in [-0.2, 0) is 11.3 Å². The Bertz CT molecular complexity index is 812. The van der Waals surface area contributed by atoms with Gasteiger partial charge in [0.1, 0.15) is 0 Å². The molecule has 22 heavy (non-hydrogen) atoms. The van der Waals surface area contributed by atoms with Crippen LogP contribution in [0.15, 0.2) is 30.5 Å². The van der Waals surface area contributed by atoms with E-state index >= 15 is 0 Å². The minimum absolute atomic E-state index is 0.130. The normalized spacial score (nSPS) is 11.2. The molecule has 3 heterocycles. The van der Waals surface area contributed by atoms with Gasteiger partial charge < -0.3 is 9.67 Å². The zero-order chi connectivity index (χ0) is 15.7. The molecule has 0 atom stereocenters. The number of hydrogen-bond donors (Lipinski definition) is 1. The maximum Gasteiger partial charge on any atom is 0.303 e. The average Bonchev–Trinajstić information content (AvgIpc) is 3.00. The van der Waals surface area contributed by atoms with E-state index in [1.807, 2.05) is 26.0 Å². The molecule has 3 rings (SSSR count). The van der Waals surface area contributed by atoms with Gasteiger partial charge >= 0.3 is 5.97 Å². The lowest BCUT2D eigenvalue weighted by Crippen LogP contribution is -2.06. The molecule has 0 bridgehead atoms. The van der Waals surface area contributed by atoms with Gasteiger partial charge in [0.05, 0.1) is 5.39 Å². The summed E-state index contributed by atoms with van der Waals surface area (Å²) in [7, 11) is 0. The number of pyridine rings is 1. The van der Waals surface area contributed by atoms with Crippen molar-refractivity contribution in [2.24, 2.45) is 0 Å². The number of carboxylic acids is 1. The molecule has 3 aromatic rings.